The lowest BCUT2D eigenvalue weighted by molar-refractivity contribution is 0.0606. The second-order valence-electron chi connectivity index (χ2n) is 5.33. The molecule has 8 heteroatoms. The largest absolute Gasteiger partial charge is 0.465 e. The predicted molar refractivity (Wildman–Crippen MR) is 84.4 cm³/mol. The Labute approximate surface area is 137 Å². The fraction of sp³-hybridized carbons (Fsp3) is 0.467. The van der Waals surface area contributed by atoms with Crippen molar-refractivity contribution in [2.75, 3.05) is 7.11 Å². The zero-order chi connectivity index (χ0) is 16.2. The monoisotopic (exact) mass is 334 g/mol. The number of esters is 1. The molecular formula is C15H18N4O3S. The number of thiophene rings is 1. The minimum absolute atomic E-state index is 0.226. The maximum atomic E-state index is 12.2. The molecule has 0 radical (unpaired) electrons. The second-order valence-corrected chi connectivity index (χ2v) is 6.42. The van der Waals surface area contributed by atoms with Gasteiger partial charge in [0.1, 0.15) is 10.7 Å². The van der Waals surface area contributed by atoms with Crippen molar-refractivity contribution in [1.29, 1.82) is 0 Å². The number of aryl methyl sites for hydroxylation is 1. The topological polar surface area (TPSA) is 86.1 Å². The number of carbonyl (C=O) groups is 2. The van der Waals surface area contributed by atoms with E-state index in [9.17, 15) is 9.59 Å². The summed E-state index contributed by atoms with van der Waals surface area (Å²) in [5, 5.41) is 11.2. The van der Waals surface area contributed by atoms with Crippen LogP contribution in [0.4, 0.5) is 0 Å². The van der Waals surface area contributed by atoms with Gasteiger partial charge in [0.15, 0.2) is 5.82 Å². The number of nitrogens with one attached hydrogen (secondary N) is 1. The minimum Gasteiger partial charge on any atom is -0.465 e. The summed E-state index contributed by atoms with van der Waals surface area (Å²) >= 11 is 1.11. The van der Waals surface area contributed by atoms with Crippen molar-refractivity contribution in [2.45, 2.75) is 38.8 Å². The van der Waals surface area contributed by atoms with E-state index in [0.717, 1.165) is 48.8 Å². The summed E-state index contributed by atoms with van der Waals surface area (Å²) in [4.78, 5) is 24.5. The first-order chi connectivity index (χ1) is 11.2. The summed E-state index contributed by atoms with van der Waals surface area (Å²) in [5.74, 6) is 1.11. The average Bonchev–Trinajstić information content (AvgIpc) is 3.14. The van der Waals surface area contributed by atoms with Crippen LogP contribution in [0.3, 0.4) is 0 Å². The summed E-state index contributed by atoms with van der Waals surface area (Å²) in [6.45, 7) is 1.23. The molecule has 7 nitrogen and oxygen atoms in total. The Bertz CT molecular complexity index is 722. The van der Waals surface area contributed by atoms with E-state index in [2.05, 4.69) is 24.8 Å². The van der Waals surface area contributed by atoms with E-state index in [1.165, 1.54) is 13.5 Å². The summed E-state index contributed by atoms with van der Waals surface area (Å²) in [6.07, 6.45) is 4.38. The first-order valence-electron chi connectivity index (χ1n) is 7.56. The zero-order valence-electron chi connectivity index (χ0n) is 12.9. The number of nitrogens with zero attached hydrogens (tertiary/aromatic N) is 3. The first-order valence-corrected chi connectivity index (χ1v) is 8.38. The highest BCUT2D eigenvalue weighted by atomic mass is 32.1. The number of hydrogen-bond acceptors (Lipinski definition) is 6. The average molecular weight is 334 g/mol. The number of carbonyl (C=O) groups excluding carboxylic acids is 2. The van der Waals surface area contributed by atoms with Crippen LogP contribution in [0, 0.1) is 0 Å². The molecule has 122 valence electrons. The number of methoxy groups -OCH3 is 1. The minimum atomic E-state index is -0.433. The van der Waals surface area contributed by atoms with Gasteiger partial charge in [0.05, 0.1) is 18.5 Å². The molecule has 2 aromatic rings. The van der Waals surface area contributed by atoms with Crippen LogP contribution in [0.25, 0.3) is 0 Å². The third kappa shape index (κ3) is 3.42. The van der Waals surface area contributed by atoms with E-state index < -0.39 is 5.97 Å². The van der Waals surface area contributed by atoms with Gasteiger partial charge in [-0.05, 0) is 25.0 Å². The van der Waals surface area contributed by atoms with E-state index in [4.69, 9.17) is 0 Å². The molecule has 0 fully saturated rings. The van der Waals surface area contributed by atoms with Crippen LogP contribution in [0.15, 0.2) is 12.1 Å². The Morgan fingerprint density at radius 2 is 2.09 bits per heavy atom. The highest BCUT2D eigenvalue weighted by Crippen LogP contribution is 2.18. The Hall–Kier alpha value is -2.22. The van der Waals surface area contributed by atoms with Crippen LogP contribution in [-0.2, 0) is 24.2 Å². The first kappa shape index (κ1) is 15.7. The highest BCUT2D eigenvalue weighted by Gasteiger charge is 2.17. The van der Waals surface area contributed by atoms with Gasteiger partial charge in [0.2, 0.25) is 0 Å². The molecular weight excluding hydrogens is 316 g/mol. The predicted octanol–water partition coefficient (Wildman–Crippen LogP) is 1.78. The van der Waals surface area contributed by atoms with Gasteiger partial charge >= 0.3 is 5.97 Å². The fourth-order valence-electron chi connectivity index (χ4n) is 2.59. The quantitative estimate of drug-likeness (QED) is 0.862. The highest BCUT2D eigenvalue weighted by molar-refractivity contribution is 7.15. The number of fused-ring (bicyclic) bond motifs is 1. The molecule has 0 bridgehead atoms. The molecule has 0 aliphatic carbocycles. The van der Waals surface area contributed by atoms with Gasteiger partial charge in [-0.2, -0.15) is 0 Å². The van der Waals surface area contributed by atoms with Gasteiger partial charge in [-0.25, -0.2) is 4.79 Å². The van der Waals surface area contributed by atoms with E-state index >= 15 is 0 Å². The second kappa shape index (κ2) is 6.91. The van der Waals surface area contributed by atoms with Crippen LogP contribution < -0.4 is 5.32 Å². The molecule has 23 heavy (non-hydrogen) atoms. The molecule has 0 saturated carbocycles. The molecule has 0 atom stereocenters. The molecule has 3 rings (SSSR count). The van der Waals surface area contributed by atoms with Crippen LogP contribution in [-0.4, -0.2) is 33.8 Å². The molecule has 3 heterocycles. The molecule has 2 aromatic heterocycles. The van der Waals surface area contributed by atoms with Crippen molar-refractivity contribution in [2.24, 2.45) is 0 Å². The van der Waals surface area contributed by atoms with E-state index in [0.29, 0.717) is 16.3 Å². The van der Waals surface area contributed by atoms with Crippen molar-refractivity contribution < 1.29 is 14.3 Å². The number of hydrogen-bond donors (Lipinski definition) is 1. The van der Waals surface area contributed by atoms with Crippen LogP contribution in [0.5, 0.6) is 0 Å². The van der Waals surface area contributed by atoms with Crippen LogP contribution in [0.1, 0.15) is 50.3 Å². The van der Waals surface area contributed by atoms with Gasteiger partial charge in [0.25, 0.3) is 5.91 Å². The summed E-state index contributed by atoms with van der Waals surface area (Å²) in [7, 11) is 1.32. The number of rotatable bonds is 4. The Kier molecular flexibility index (Phi) is 4.71. The van der Waals surface area contributed by atoms with Gasteiger partial charge in [-0.3, -0.25) is 4.79 Å². The molecule has 0 spiro atoms. The molecule has 0 saturated heterocycles. The standard InChI is InChI=1S/C15H18N4O3S/c1-22-15(21)11-7-6-10(23-11)14(20)16-9-13-18-17-12-5-3-2-4-8-19(12)13/h6-7H,2-5,8-9H2,1H3,(H,16,20). The Morgan fingerprint density at radius 1 is 1.26 bits per heavy atom. The third-order valence-corrected chi connectivity index (χ3v) is 4.87. The lowest BCUT2D eigenvalue weighted by Crippen LogP contribution is -2.24. The zero-order valence-corrected chi connectivity index (χ0v) is 13.7. The fourth-order valence-corrected chi connectivity index (χ4v) is 3.43. The molecule has 1 aliphatic rings. The SMILES string of the molecule is COC(=O)c1ccc(C(=O)NCc2nnc3n2CCCCC3)s1. The van der Waals surface area contributed by atoms with Gasteiger partial charge < -0.3 is 14.6 Å². The summed E-state index contributed by atoms with van der Waals surface area (Å²) < 4.78 is 6.74. The summed E-state index contributed by atoms with van der Waals surface area (Å²) in [6, 6.07) is 3.21. The van der Waals surface area contributed by atoms with Crippen molar-refractivity contribution in [3.8, 4) is 0 Å². The van der Waals surface area contributed by atoms with Gasteiger partial charge in [-0.15, -0.1) is 21.5 Å². The van der Waals surface area contributed by atoms with Crippen LogP contribution in [0.2, 0.25) is 0 Å². The van der Waals surface area contributed by atoms with Crippen molar-refractivity contribution >= 4 is 23.2 Å². The van der Waals surface area contributed by atoms with Gasteiger partial charge in [-0.1, -0.05) is 6.42 Å². The van der Waals surface area contributed by atoms with E-state index in [1.54, 1.807) is 12.1 Å². The van der Waals surface area contributed by atoms with Crippen LogP contribution >= 0.6 is 11.3 Å². The van der Waals surface area contributed by atoms with E-state index in [-0.39, 0.29) is 5.91 Å². The molecule has 1 amide bonds. The number of ether oxygens (including phenoxy) is 1. The number of amides is 1. The van der Waals surface area contributed by atoms with Crippen molar-refractivity contribution in [3.05, 3.63) is 33.5 Å². The van der Waals surface area contributed by atoms with Crippen molar-refractivity contribution in [3.63, 3.8) is 0 Å². The maximum Gasteiger partial charge on any atom is 0.348 e. The normalized spacial score (nSPS) is 14.0. The lowest BCUT2D eigenvalue weighted by atomic mass is 10.2. The Morgan fingerprint density at radius 3 is 2.91 bits per heavy atom. The smallest absolute Gasteiger partial charge is 0.348 e. The van der Waals surface area contributed by atoms with E-state index in [1.807, 2.05) is 0 Å². The third-order valence-electron chi connectivity index (χ3n) is 3.81. The number of aromatic nitrogens is 3. The molecule has 1 aliphatic heterocycles. The summed E-state index contributed by atoms with van der Waals surface area (Å²) in [5.41, 5.74) is 0. The van der Waals surface area contributed by atoms with Gasteiger partial charge in [0, 0.05) is 13.0 Å². The van der Waals surface area contributed by atoms with Crippen molar-refractivity contribution in [1.82, 2.24) is 20.1 Å². The maximum absolute atomic E-state index is 12.2. The molecule has 0 unspecified atom stereocenters. The molecule has 1 N–H and O–H groups in total. The molecule has 0 aromatic carbocycles. The lowest BCUT2D eigenvalue weighted by Gasteiger charge is -2.07. The Balaban J connectivity index is 1.64.